The first-order valence-corrected chi connectivity index (χ1v) is 23.0. The van der Waals surface area contributed by atoms with Gasteiger partial charge in [0, 0.05) is 70.0 Å². The van der Waals surface area contributed by atoms with Crippen LogP contribution in [0.25, 0.3) is 90.1 Å². The highest BCUT2D eigenvalue weighted by molar-refractivity contribution is 5.79. The fourth-order valence-electron chi connectivity index (χ4n) is 10.2. The summed E-state index contributed by atoms with van der Waals surface area (Å²) in [6.07, 6.45) is 7.31. The Morgan fingerprint density at radius 1 is 0.221 bits per heavy atom. The van der Waals surface area contributed by atoms with E-state index in [1.807, 2.05) is 85.5 Å². The monoisotopic (exact) mass is 868 g/mol. The van der Waals surface area contributed by atoms with E-state index < -0.39 is 0 Å². The molecule has 0 spiro atoms. The first kappa shape index (κ1) is 39.4. The lowest BCUT2D eigenvalue weighted by Gasteiger charge is -2.42. The van der Waals surface area contributed by atoms with Gasteiger partial charge in [-0.2, -0.15) is 0 Å². The SMILES string of the molecule is c1ccc(-c2nc(-c3ccc(-c4ccncc4)cc3)cc(-c3ccc4c(c3)C3c5ccccc5C4c4cc(-c5cc(-c6ccc(-c7ccncc7)cc6)nc(-c6ccccc6)n5)ccc43)n2)cc1. The molecule has 0 amide bonds. The minimum absolute atomic E-state index is 0.0607. The lowest BCUT2D eigenvalue weighted by atomic mass is 9.60. The molecule has 68 heavy (non-hydrogen) atoms. The summed E-state index contributed by atoms with van der Waals surface area (Å²) in [7, 11) is 0. The number of pyridine rings is 2. The summed E-state index contributed by atoms with van der Waals surface area (Å²) >= 11 is 0. The molecule has 0 aliphatic heterocycles. The summed E-state index contributed by atoms with van der Waals surface area (Å²) in [5.74, 6) is 1.52. The van der Waals surface area contributed by atoms with Gasteiger partial charge in [-0.25, -0.2) is 19.9 Å². The Morgan fingerprint density at radius 3 is 0.926 bits per heavy atom. The van der Waals surface area contributed by atoms with Crippen LogP contribution in [0, 0.1) is 0 Å². The summed E-state index contributed by atoms with van der Waals surface area (Å²) in [6.45, 7) is 0. The van der Waals surface area contributed by atoms with E-state index in [9.17, 15) is 0 Å². The highest BCUT2D eigenvalue weighted by Gasteiger charge is 2.41. The molecule has 0 saturated heterocycles. The molecular formula is C62H40N6. The van der Waals surface area contributed by atoms with Gasteiger partial charge in [-0.15, -0.1) is 0 Å². The van der Waals surface area contributed by atoms with E-state index in [2.05, 4.69) is 156 Å². The zero-order chi connectivity index (χ0) is 45.0. The van der Waals surface area contributed by atoms with Crippen LogP contribution in [0.3, 0.4) is 0 Å². The minimum Gasteiger partial charge on any atom is -0.265 e. The van der Waals surface area contributed by atoms with E-state index in [-0.39, 0.29) is 11.8 Å². The van der Waals surface area contributed by atoms with E-state index in [4.69, 9.17) is 19.9 Å². The van der Waals surface area contributed by atoms with Gasteiger partial charge >= 0.3 is 0 Å². The lowest BCUT2D eigenvalue weighted by Crippen LogP contribution is -2.27. The molecule has 14 rings (SSSR count). The maximum atomic E-state index is 5.25. The van der Waals surface area contributed by atoms with Crippen LogP contribution >= 0.6 is 0 Å². The molecule has 3 aliphatic rings. The van der Waals surface area contributed by atoms with Gasteiger partial charge in [0.25, 0.3) is 0 Å². The summed E-state index contributed by atoms with van der Waals surface area (Å²) in [6, 6.07) is 73.1. The largest absolute Gasteiger partial charge is 0.265 e. The Balaban J connectivity index is 0.902. The van der Waals surface area contributed by atoms with Crippen LogP contribution in [-0.4, -0.2) is 29.9 Å². The maximum Gasteiger partial charge on any atom is 0.160 e. The molecule has 6 nitrogen and oxygen atoms in total. The van der Waals surface area contributed by atoms with Crippen molar-refractivity contribution in [1.82, 2.24) is 29.9 Å². The predicted octanol–water partition coefficient (Wildman–Crippen LogP) is 14.4. The number of benzene rings is 7. The van der Waals surface area contributed by atoms with Crippen LogP contribution in [-0.2, 0) is 0 Å². The molecule has 4 aromatic heterocycles. The van der Waals surface area contributed by atoms with Crippen molar-refractivity contribution in [2.45, 2.75) is 11.8 Å². The fraction of sp³-hybridized carbons (Fsp3) is 0.0323. The first-order chi connectivity index (χ1) is 33.7. The van der Waals surface area contributed by atoms with Crippen LogP contribution in [0.2, 0.25) is 0 Å². The molecule has 2 unspecified atom stereocenters. The van der Waals surface area contributed by atoms with Crippen LogP contribution in [0.1, 0.15) is 45.2 Å². The van der Waals surface area contributed by atoms with Crippen molar-refractivity contribution < 1.29 is 0 Å². The van der Waals surface area contributed by atoms with Crippen molar-refractivity contribution in [2.24, 2.45) is 0 Å². The van der Waals surface area contributed by atoms with E-state index in [0.717, 1.165) is 78.4 Å². The maximum absolute atomic E-state index is 5.25. The Bertz CT molecular complexity index is 3410. The number of aromatic nitrogens is 6. The molecule has 2 bridgehead atoms. The third kappa shape index (κ3) is 6.98. The first-order valence-electron chi connectivity index (χ1n) is 23.0. The molecule has 11 aromatic rings. The highest BCUT2D eigenvalue weighted by Crippen LogP contribution is 2.56. The van der Waals surface area contributed by atoms with Crippen LogP contribution < -0.4 is 0 Å². The Kier molecular flexibility index (Phi) is 9.53. The van der Waals surface area contributed by atoms with E-state index in [0.29, 0.717) is 11.6 Å². The second-order valence-corrected chi connectivity index (χ2v) is 17.5. The zero-order valence-corrected chi connectivity index (χ0v) is 36.8. The van der Waals surface area contributed by atoms with Gasteiger partial charge < -0.3 is 0 Å². The van der Waals surface area contributed by atoms with Crippen molar-refractivity contribution in [1.29, 1.82) is 0 Å². The molecule has 0 fully saturated rings. The average Bonchev–Trinajstić information content (AvgIpc) is 3.43. The second-order valence-electron chi connectivity index (χ2n) is 17.5. The topological polar surface area (TPSA) is 77.3 Å². The van der Waals surface area contributed by atoms with Gasteiger partial charge in [0.05, 0.1) is 22.8 Å². The average molecular weight is 869 g/mol. The van der Waals surface area contributed by atoms with Crippen molar-refractivity contribution in [3.05, 3.63) is 264 Å². The lowest BCUT2D eigenvalue weighted by molar-refractivity contribution is 0.755. The molecule has 0 radical (unpaired) electrons. The summed E-state index contributed by atoms with van der Waals surface area (Å²) in [4.78, 5) is 29.2. The van der Waals surface area contributed by atoms with E-state index in [1.165, 1.54) is 33.4 Å². The summed E-state index contributed by atoms with van der Waals surface area (Å²) in [5.41, 5.74) is 22.2. The van der Waals surface area contributed by atoms with Gasteiger partial charge in [0.2, 0.25) is 0 Å². The molecular weight excluding hydrogens is 829 g/mol. The van der Waals surface area contributed by atoms with Crippen molar-refractivity contribution in [3.8, 4) is 90.1 Å². The second kappa shape index (κ2) is 16.5. The third-order valence-electron chi connectivity index (χ3n) is 13.5. The van der Waals surface area contributed by atoms with Gasteiger partial charge in [-0.3, -0.25) is 9.97 Å². The van der Waals surface area contributed by atoms with Gasteiger partial charge in [0.15, 0.2) is 11.6 Å². The minimum atomic E-state index is 0.0607. The molecule has 6 heteroatoms. The standard InChI is InChI=1S/C62H40N6/c1-3-9-45(10-4-1)61-65-55(43-19-15-39(16-20-43)41-27-31-63-32-28-41)37-57(67-61)47-23-25-51-53(35-47)59-49-13-7-8-14-50(49)60(51)54-36-48(24-26-52(54)59)58-38-56(66-62(68-58)46-11-5-2-6-12-46)44-21-17-40(18-22-44)42-29-33-64-34-30-42/h1-38,59-60H. The number of hydrogen-bond donors (Lipinski definition) is 0. The van der Waals surface area contributed by atoms with E-state index in [1.54, 1.807) is 0 Å². The Hall–Kier alpha value is -9.00. The smallest absolute Gasteiger partial charge is 0.160 e. The summed E-state index contributed by atoms with van der Waals surface area (Å²) < 4.78 is 0. The third-order valence-corrected chi connectivity index (χ3v) is 13.5. The van der Waals surface area contributed by atoms with Gasteiger partial charge in [0.1, 0.15) is 0 Å². The number of rotatable bonds is 8. The fourth-order valence-corrected chi connectivity index (χ4v) is 10.2. The van der Waals surface area contributed by atoms with Crippen LogP contribution in [0.5, 0.6) is 0 Å². The molecule has 0 saturated carbocycles. The summed E-state index contributed by atoms with van der Waals surface area (Å²) in [5, 5.41) is 0. The highest BCUT2D eigenvalue weighted by atomic mass is 14.9. The quantitative estimate of drug-likeness (QED) is 0.151. The molecule has 318 valence electrons. The normalized spacial score (nSPS) is 14.2. The Morgan fingerprint density at radius 2 is 0.529 bits per heavy atom. The molecule has 7 aromatic carbocycles. The van der Waals surface area contributed by atoms with Crippen LogP contribution in [0.4, 0.5) is 0 Å². The van der Waals surface area contributed by atoms with E-state index >= 15 is 0 Å². The predicted molar refractivity (Wildman–Crippen MR) is 271 cm³/mol. The van der Waals surface area contributed by atoms with Crippen LogP contribution in [0.15, 0.2) is 231 Å². The number of nitrogens with zero attached hydrogens (tertiary/aromatic N) is 6. The molecule has 2 atom stereocenters. The molecule has 3 aliphatic carbocycles. The molecule has 4 heterocycles. The van der Waals surface area contributed by atoms with Crippen molar-refractivity contribution in [2.75, 3.05) is 0 Å². The van der Waals surface area contributed by atoms with Crippen molar-refractivity contribution >= 4 is 0 Å². The Labute approximate surface area is 394 Å². The van der Waals surface area contributed by atoms with Gasteiger partial charge in [-0.1, -0.05) is 158 Å². The van der Waals surface area contributed by atoms with Gasteiger partial charge in [-0.05, 0) is 104 Å². The number of hydrogen-bond acceptors (Lipinski definition) is 6. The van der Waals surface area contributed by atoms with Crippen molar-refractivity contribution in [3.63, 3.8) is 0 Å². The molecule has 0 N–H and O–H groups in total. The zero-order valence-electron chi connectivity index (χ0n) is 36.8.